The fraction of sp³-hybridized carbons (Fsp3) is 0.400. The van der Waals surface area contributed by atoms with Gasteiger partial charge in [-0.25, -0.2) is 0 Å². The predicted molar refractivity (Wildman–Crippen MR) is 117 cm³/mol. The topological polar surface area (TPSA) is 45.5 Å². The molecule has 0 aliphatic carbocycles. The van der Waals surface area contributed by atoms with Crippen LogP contribution in [-0.2, 0) is 0 Å². The summed E-state index contributed by atoms with van der Waals surface area (Å²) >= 11 is 0. The van der Waals surface area contributed by atoms with Gasteiger partial charge in [-0.15, -0.1) is 0 Å². The molecule has 29 heavy (non-hydrogen) atoms. The van der Waals surface area contributed by atoms with Gasteiger partial charge in [0.05, 0.1) is 12.3 Å². The molecule has 3 aromatic rings. The van der Waals surface area contributed by atoms with Crippen LogP contribution in [-0.4, -0.2) is 35.9 Å². The highest BCUT2D eigenvalue weighted by Gasteiger charge is 2.33. The van der Waals surface area contributed by atoms with E-state index in [0.29, 0.717) is 5.92 Å². The molecule has 0 bridgehead atoms. The summed E-state index contributed by atoms with van der Waals surface area (Å²) in [6.45, 7) is 4.39. The lowest BCUT2D eigenvalue weighted by Crippen LogP contribution is -2.37. The van der Waals surface area contributed by atoms with Crippen molar-refractivity contribution in [3.05, 3.63) is 65.9 Å². The maximum Gasteiger partial charge on any atom is 0.184 e. The van der Waals surface area contributed by atoms with Crippen molar-refractivity contribution in [1.82, 2.24) is 4.90 Å². The number of Topliss-reactive ketones (excluding diaryl/α,β-unsaturated/α-hetero) is 1. The molecule has 2 aliphatic rings. The van der Waals surface area contributed by atoms with Gasteiger partial charge in [0, 0.05) is 28.2 Å². The maximum absolute atomic E-state index is 12.7. The molecule has 1 aromatic heterocycles. The zero-order chi connectivity index (χ0) is 19.8. The lowest BCUT2D eigenvalue weighted by molar-refractivity contribution is 0.0975. The highest BCUT2D eigenvalue weighted by molar-refractivity contribution is 6.01. The van der Waals surface area contributed by atoms with E-state index in [1.165, 1.54) is 49.7 Å². The molecule has 0 amide bonds. The minimum atomic E-state index is -0.285. The number of ketones is 1. The van der Waals surface area contributed by atoms with Crippen LogP contribution < -0.4 is 5.32 Å². The zero-order valence-electron chi connectivity index (χ0n) is 16.9. The number of carbonyl (C=O) groups excluding carboxylic acids is 1. The van der Waals surface area contributed by atoms with E-state index in [2.05, 4.69) is 16.3 Å². The molecule has 5 rings (SSSR count). The first-order valence-electron chi connectivity index (χ1n) is 10.8. The SMILES string of the molecule is CC(Nc1ccc2occ(C3CCN4CCCC4C3)c2c1)C(=O)c1ccccc1. The van der Waals surface area contributed by atoms with Crippen molar-refractivity contribution in [1.29, 1.82) is 0 Å². The van der Waals surface area contributed by atoms with Gasteiger partial charge in [-0.05, 0) is 69.8 Å². The summed E-state index contributed by atoms with van der Waals surface area (Å²) in [4.78, 5) is 15.4. The minimum absolute atomic E-state index is 0.103. The van der Waals surface area contributed by atoms with Gasteiger partial charge in [0.25, 0.3) is 0 Å². The van der Waals surface area contributed by atoms with Gasteiger partial charge in [0.2, 0.25) is 0 Å². The smallest absolute Gasteiger partial charge is 0.184 e. The first-order valence-corrected chi connectivity index (χ1v) is 10.8. The van der Waals surface area contributed by atoms with Crippen molar-refractivity contribution in [2.45, 2.75) is 50.6 Å². The molecule has 0 radical (unpaired) electrons. The molecule has 0 saturated carbocycles. The Bertz CT molecular complexity index is 1010. The first-order chi connectivity index (χ1) is 14.2. The third kappa shape index (κ3) is 3.58. The summed E-state index contributed by atoms with van der Waals surface area (Å²) in [5.74, 6) is 0.668. The number of anilines is 1. The second-order valence-electron chi connectivity index (χ2n) is 8.55. The van der Waals surface area contributed by atoms with Crippen LogP contribution in [0.3, 0.4) is 0 Å². The van der Waals surface area contributed by atoms with Gasteiger partial charge in [0.15, 0.2) is 5.78 Å². The van der Waals surface area contributed by atoms with Crippen molar-refractivity contribution >= 4 is 22.4 Å². The Morgan fingerprint density at radius 1 is 1.14 bits per heavy atom. The van der Waals surface area contributed by atoms with Crippen molar-refractivity contribution in [3.63, 3.8) is 0 Å². The van der Waals surface area contributed by atoms with Crippen LogP contribution in [0.5, 0.6) is 0 Å². The van der Waals surface area contributed by atoms with Gasteiger partial charge < -0.3 is 14.6 Å². The predicted octanol–water partition coefficient (Wildman–Crippen LogP) is 5.46. The Morgan fingerprint density at radius 3 is 2.86 bits per heavy atom. The molecule has 150 valence electrons. The number of nitrogens with one attached hydrogen (secondary N) is 1. The quantitative estimate of drug-likeness (QED) is 0.590. The van der Waals surface area contributed by atoms with E-state index < -0.39 is 0 Å². The summed E-state index contributed by atoms with van der Waals surface area (Å²) in [6.07, 6.45) is 7.06. The second-order valence-corrected chi connectivity index (χ2v) is 8.55. The summed E-state index contributed by atoms with van der Waals surface area (Å²) in [7, 11) is 0. The molecule has 2 aromatic carbocycles. The molecule has 4 nitrogen and oxygen atoms in total. The summed E-state index contributed by atoms with van der Waals surface area (Å²) in [6, 6.07) is 16.1. The Kier molecular flexibility index (Phi) is 4.88. The van der Waals surface area contributed by atoms with Crippen molar-refractivity contribution in [2.24, 2.45) is 0 Å². The molecule has 1 N–H and O–H groups in total. The zero-order valence-corrected chi connectivity index (χ0v) is 16.9. The van der Waals surface area contributed by atoms with E-state index in [1.807, 2.05) is 55.7 Å². The minimum Gasteiger partial charge on any atom is -0.464 e. The van der Waals surface area contributed by atoms with Crippen LogP contribution in [0, 0.1) is 0 Å². The van der Waals surface area contributed by atoms with Gasteiger partial charge in [-0.3, -0.25) is 4.79 Å². The number of hydrogen-bond donors (Lipinski definition) is 1. The molecule has 0 spiro atoms. The van der Waals surface area contributed by atoms with Crippen molar-refractivity contribution in [2.75, 3.05) is 18.4 Å². The van der Waals surface area contributed by atoms with E-state index in [4.69, 9.17) is 4.42 Å². The molecule has 2 saturated heterocycles. The molecule has 3 unspecified atom stereocenters. The van der Waals surface area contributed by atoms with E-state index in [-0.39, 0.29) is 11.8 Å². The average molecular weight is 389 g/mol. The van der Waals surface area contributed by atoms with E-state index in [9.17, 15) is 4.79 Å². The van der Waals surface area contributed by atoms with Crippen molar-refractivity contribution in [3.8, 4) is 0 Å². The summed E-state index contributed by atoms with van der Waals surface area (Å²) in [5, 5.41) is 4.58. The number of hydrogen-bond acceptors (Lipinski definition) is 4. The van der Waals surface area contributed by atoms with Gasteiger partial charge in [-0.1, -0.05) is 30.3 Å². The normalized spacial score (nSPS) is 23.1. The highest BCUT2D eigenvalue weighted by atomic mass is 16.3. The third-order valence-corrected chi connectivity index (χ3v) is 6.70. The molecular weight excluding hydrogens is 360 g/mol. The Morgan fingerprint density at radius 2 is 2.00 bits per heavy atom. The largest absolute Gasteiger partial charge is 0.464 e. The van der Waals surface area contributed by atoms with Gasteiger partial charge >= 0.3 is 0 Å². The molecule has 3 atom stereocenters. The van der Waals surface area contributed by atoms with Crippen LogP contribution in [0.4, 0.5) is 5.69 Å². The standard InChI is InChI=1S/C25H28N2O2/c1-17(25(28)18-6-3-2-4-7-18)26-20-9-10-24-22(15-20)23(16-29-24)19-11-13-27-12-5-8-21(27)14-19/h2-4,6-7,9-10,15-17,19,21,26H,5,8,11-14H2,1H3. The molecular formula is C25H28N2O2. The monoisotopic (exact) mass is 388 g/mol. The third-order valence-electron chi connectivity index (χ3n) is 6.70. The molecule has 3 heterocycles. The van der Waals surface area contributed by atoms with E-state index >= 15 is 0 Å². The van der Waals surface area contributed by atoms with Crippen LogP contribution in [0.25, 0.3) is 11.0 Å². The maximum atomic E-state index is 12.7. The van der Waals surface area contributed by atoms with Crippen LogP contribution in [0.15, 0.2) is 59.2 Å². The molecule has 2 fully saturated rings. The van der Waals surface area contributed by atoms with Crippen LogP contribution in [0.2, 0.25) is 0 Å². The summed E-state index contributed by atoms with van der Waals surface area (Å²) in [5.41, 5.74) is 3.97. The number of furan rings is 1. The van der Waals surface area contributed by atoms with Gasteiger partial charge in [-0.2, -0.15) is 0 Å². The van der Waals surface area contributed by atoms with Gasteiger partial charge in [0.1, 0.15) is 5.58 Å². The van der Waals surface area contributed by atoms with Crippen molar-refractivity contribution < 1.29 is 9.21 Å². The summed E-state index contributed by atoms with van der Waals surface area (Å²) < 4.78 is 5.88. The number of carbonyl (C=O) groups is 1. The van der Waals surface area contributed by atoms with Crippen LogP contribution >= 0.6 is 0 Å². The number of rotatable bonds is 5. The fourth-order valence-electron chi connectivity index (χ4n) is 5.13. The van der Waals surface area contributed by atoms with E-state index in [0.717, 1.165) is 22.9 Å². The lowest BCUT2D eigenvalue weighted by atomic mass is 9.85. The first kappa shape index (κ1) is 18.4. The lowest BCUT2D eigenvalue weighted by Gasteiger charge is -2.34. The second kappa shape index (κ2) is 7.68. The fourth-order valence-corrected chi connectivity index (χ4v) is 5.13. The Balaban J connectivity index is 1.36. The Labute approximate surface area is 171 Å². The number of fused-ring (bicyclic) bond motifs is 2. The molecule has 4 heteroatoms. The van der Waals surface area contributed by atoms with E-state index in [1.54, 1.807) is 0 Å². The number of nitrogens with zero attached hydrogens (tertiary/aromatic N) is 1. The number of piperidine rings is 1. The molecule has 2 aliphatic heterocycles. The average Bonchev–Trinajstić information content (AvgIpc) is 3.39. The number of benzene rings is 2. The van der Waals surface area contributed by atoms with Crippen LogP contribution in [0.1, 0.15) is 54.4 Å². The Hall–Kier alpha value is -2.59. The highest BCUT2D eigenvalue weighted by Crippen LogP contribution is 2.40.